The van der Waals surface area contributed by atoms with E-state index in [1.807, 2.05) is 19.9 Å². The molecule has 2 rings (SSSR count). The number of ketones is 1. The van der Waals surface area contributed by atoms with Crippen molar-refractivity contribution in [3.8, 4) is 0 Å². The Bertz CT molecular complexity index is 482. The van der Waals surface area contributed by atoms with E-state index in [0.717, 1.165) is 36.8 Å². The highest BCUT2D eigenvalue weighted by atomic mass is 16.3. The molecule has 0 radical (unpaired) electrons. The van der Waals surface area contributed by atoms with Crippen LogP contribution in [-0.4, -0.2) is 16.5 Å². The first kappa shape index (κ1) is 18.9. The van der Waals surface area contributed by atoms with E-state index in [9.17, 15) is 9.90 Å². The molecule has 2 atom stereocenters. The van der Waals surface area contributed by atoms with E-state index in [-0.39, 0.29) is 5.78 Å². The molecule has 0 aromatic rings. The van der Waals surface area contributed by atoms with E-state index < -0.39 is 5.60 Å². The van der Waals surface area contributed by atoms with Crippen molar-refractivity contribution in [2.75, 3.05) is 0 Å². The lowest BCUT2D eigenvalue weighted by Crippen LogP contribution is -2.36. The zero-order chi connectivity index (χ0) is 16.9. The van der Waals surface area contributed by atoms with E-state index >= 15 is 0 Å². The Labute approximate surface area is 136 Å². The van der Waals surface area contributed by atoms with Gasteiger partial charge in [0.1, 0.15) is 0 Å². The van der Waals surface area contributed by atoms with Crippen molar-refractivity contribution < 1.29 is 9.90 Å². The topological polar surface area (TPSA) is 37.3 Å². The quantitative estimate of drug-likeness (QED) is 0.730. The molecule has 0 spiro atoms. The molecular weight excluding hydrogens is 272 g/mol. The second-order valence-corrected chi connectivity index (χ2v) is 7.31. The predicted molar refractivity (Wildman–Crippen MR) is 93.7 cm³/mol. The molecule has 2 aliphatic rings. The third-order valence-electron chi connectivity index (χ3n) is 5.11. The summed E-state index contributed by atoms with van der Waals surface area (Å²) in [6.07, 6.45) is 8.69. The summed E-state index contributed by atoms with van der Waals surface area (Å²) >= 11 is 0. The van der Waals surface area contributed by atoms with Gasteiger partial charge in [-0.15, -0.1) is 0 Å². The molecular formula is C20H32O2. The van der Waals surface area contributed by atoms with E-state index in [1.165, 1.54) is 5.57 Å². The van der Waals surface area contributed by atoms with Crippen LogP contribution in [0.15, 0.2) is 35.5 Å². The molecule has 0 aromatic carbocycles. The number of Topliss-reactive ketones (excluding diaryl/α,β-unsaturated/α-hetero) is 1. The molecule has 0 fully saturated rings. The first-order valence-corrected chi connectivity index (χ1v) is 8.39. The van der Waals surface area contributed by atoms with Gasteiger partial charge in [0, 0.05) is 6.42 Å². The summed E-state index contributed by atoms with van der Waals surface area (Å²) in [4.78, 5) is 11.2. The summed E-state index contributed by atoms with van der Waals surface area (Å²) in [5, 5.41) is 10.0. The monoisotopic (exact) mass is 304 g/mol. The van der Waals surface area contributed by atoms with Gasteiger partial charge in [0.25, 0.3) is 0 Å². The SMILES string of the molecule is C=C(C)[C@H]1CC=C(C)C(=O)C1.CC1=CCC(O)(C(C)C)CC1. The number of rotatable bonds is 2. The highest BCUT2D eigenvalue weighted by Gasteiger charge is 2.31. The van der Waals surface area contributed by atoms with Crippen molar-refractivity contribution in [1.82, 2.24) is 0 Å². The second kappa shape index (κ2) is 7.92. The van der Waals surface area contributed by atoms with Crippen molar-refractivity contribution in [2.24, 2.45) is 11.8 Å². The van der Waals surface area contributed by atoms with Crippen LogP contribution in [-0.2, 0) is 4.79 Å². The van der Waals surface area contributed by atoms with Crippen molar-refractivity contribution in [3.63, 3.8) is 0 Å². The largest absolute Gasteiger partial charge is 0.389 e. The van der Waals surface area contributed by atoms with Crippen molar-refractivity contribution in [1.29, 1.82) is 0 Å². The number of hydrogen-bond acceptors (Lipinski definition) is 2. The lowest BCUT2D eigenvalue weighted by Gasteiger charge is -2.34. The van der Waals surface area contributed by atoms with Crippen LogP contribution >= 0.6 is 0 Å². The van der Waals surface area contributed by atoms with Crippen LogP contribution in [0.5, 0.6) is 0 Å². The molecule has 0 aliphatic heterocycles. The third-order valence-corrected chi connectivity index (χ3v) is 5.11. The summed E-state index contributed by atoms with van der Waals surface area (Å²) in [5.41, 5.74) is 3.06. The Morgan fingerprint density at radius 1 is 1.36 bits per heavy atom. The van der Waals surface area contributed by atoms with Gasteiger partial charge in [0.2, 0.25) is 0 Å². The van der Waals surface area contributed by atoms with Gasteiger partial charge < -0.3 is 5.11 Å². The fourth-order valence-electron chi connectivity index (χ4n) is 2.77. The molecule has 2 heteroatoms. The van der Waals surface area contributed by atoms with Crippen LogP contribution in [0.2, 0.25) is 0 Å². The highest BCUT2D eigenvalue weighted by molar-refractivity contribution is 5.95. The Morgan fingerprint density at radius 3 is 2.41 bits per heavy atom. The maximum absolute atomic E-state index is 11.2. The average Bonchev–Trinajstić information content (AvgIpc) is 2.45. The van der Waals surface area contributed by atoms with Gasteiger partial charge in [-0.05, 0) is 63.9 Å². The molecule has 0 aromatic heterocycles. The smallest absolute Gasteiger partial charge is 0.158 e. The molecule has 0 saturated carbocycles. The Kier molecular flexibility index (Phi) is 6.80. The minimum Gasteiger partial charge on any atom is -0.389 e. The van der Waals surface area contributed by atoms with Crippen LogP contribution in [0, 0.1) is 11.8 Å². The number of carbonyl (C=O) groups excluding carboxylic acids is 1. The van der Waals surface area contributed by atoms with Crippen LogP contribution in [0.1, 0.15) is 66.7 Å². The number of hydrogen-bond donors (Lipinski definition) is 1. The molecule has 124 valence electrons. The third kappa shape index (κ3) is 5.24. The van der Waals surface area contributed by atoms with Gasteiger partial charge in [-0.25, -0.2) is 0 Å². The van der Waals surface area contributed by atoms with E-state index in [2.05, 4.69) is 33.4 Å². The fraction of sp³-hybridized carbons (Fsp3) is 0.650. The van der Waals surface area contributed by atoms with Crippen LogP contribution in [0.4, 0.5) is 0 Å². The van der Waals surface area contributed by atoms with Crippen LogP contribution in [0.25, 0.3) is 0 Å². The molecule has 0 bridgehead atoms. The van der Waals surface area contributed by atoms with Gasteiger partial charge in [-0.2, -0.15) is 0 Å². The maximum Gasteiger partial charge on any atom is 0.158 e. The van der Waals surface area contributed by atoms with Crippen LogP contribution in [0.3, 0.4) is 0 Å². The lowest BCUT2D eigenvalue weighted by molar-refractivity contribution is -0.116. The molecule has 1 unspecified atom stereocenters. The summed E-state index contributed by atoms with van der Waals surface area (Å²) < 4.78 is 0. The molecule has 22 heavy (non-hydrogen) atoms. The van der Waals surface area contributed by atoms with Gasteiger partial charge in [0.15, 0.2) is 5.78 Å². The summed E-state index contributed by atoms with van der Waals surface area (Å²) in [6.45, 7) is 14.1. The molecule has 2 aliphatic carbocycles. The lowest BCUT2D eigenvalue weighted by atomic mass is 9.78. The van der Waals surface area contributed by atoms with Crippen molar-refractivity contribution in [2.45, 2.75) is 72.3 Å². The van der Waals surface area contributed by atoms with E-state index in [0.29, 0.717) is 18.3 Å². The zero-order valence-corrected chi connectivity index (χ0v) is 14.9. The van der Waals surface area contributed by atoms with Gasteiger partial charge in [-0.3, -0.25) is 4.79 Å². The number of allylic oxidation sites excluding steroid dienone is 4. The number of aliphatic hydroxyl groups is 1. The van der Waals surface area contributed by atoms with Crippen molar-refractivity contribution >= 4 is 5.78 Å². The highest BCUT2D eigenvalue weighted by Crippen LogP contribution is 2.33. The summed E-state index contributed by atoms with van der Waals surface area (Å²) in [6, 6.07) is 0. The molecule has 0 heterocycles. The molecule has 1 N–H and O–H groups in total. The Balaban J connectivity index is 0.000000220. The molecule has 0 saturated heterocycles. The van der Waals surface area contributed by atoms with E-state index in [1.54, 1.807) is 0 Å². The van der Waals surface area contributed by atoms with Gasteiger partial charge in [-0.1, -0.05) is 43.7 Å². The standard InChI is InChI=1S/C10H18O.C10H14O/c1-8(2)10(11)6-4-9(3)5-7-10;1-7(2)9-5-4-8(3)10(11)6-9/h4,8,11H,5-7H2,1-3H3;4,9H,1,5-6H2,2-3H3/t;9-/m.0/s1. The van der Waals surface area contributed by atoms with E-state index in [4.69, 9.17) is 0 Å². The zero-order valence-electron chi connectivity index (χ0n) is 14.9. The predicted octanol–water partition coefficient (Wildman–Crippen LogP) is 4.99. The fourth-order valence-corrected chi connectivity index (χ4v) is 2.77. The van der Waals surface area contributed by atoms with Crippen molar-refractivity contribution in [3.05, 3.63) is 35.5 Å². The number of carbonyl (C=O) groups is 1. The average molecular weight is 304 g/mol. The molecule has 0 amide bonds. The minimum atomic E-state index is -0.417. The molecule has 2 nitrogen and oxygen atoms in total. The first-order valence-electron chi connectivity index (χ1n) is 8.39. The maximum atomic E-state index is 11.2. The van der Waals surface area contributed by atoms with Crippen LogP contribution < -0.4 is 0 Å². The summed E-state index contributed by atoms with van der Waals surface area (Å²) in [5.74, 6) is 1.06. The first-order chi connectivity index (χ1) is 10.2. The minimum absolute atomic E-state index is 0.282. The normalized spacial score (nSPS) is 28.5. The van der Waals surface area contributed by atoms with Gasteiger partial charge in [0.05, 0.1) is 5.60 Å². The Hall–Kier alpha value is -1.15. The second-order valence-electron chi connectivity index (χ2n) is 7.31. The van der Waals surface area contributed by atoms with Gasteiger partial charge >= 0.3 is 0 Å². The summed E-state index contributed by atoms with van der Waals surface area (Å²) in [7, 11) is 0. The Morgan fingerprint density at radius 2 is 2.00 bits per heavy atom.